The maximum absolute atomic E-state index is 12.9. The first-order valence-electron chi connectivity index (χ1n) is 11.5. The molecule has 0 saturated heterocycles. The minimum Gasteiger partial charge on any atom is -0.505 e. The zero-order valence-corrected chi connectivity index (χ0v) is 20.0. The molecule has 1 fully saturated rings. The third kappa shape index (κ3) is 4.97. The zero-order chi connectivity index (χ0) is 25.3. The maximum atomic E-state index is 12.9. The van der Waals surface area contributed by atoms with Crippen molar-refractivity contribution in [2.45, 2.75) is 57.7 Å². The van der Waals surface area contributed by atoms with E-state index in [-0.39, 0.29) is 30.4 Å². The van der Waals surface area contributed by atoms with E-state index in [1.165, 1.54) is 12.4 Å². The molecule has 2 N–H and O–H groups in total. The van der Waals surface area contributed by atoms with Crippen LogP contribution in [-0.4, -0.2) is 44.7 Å². The number of nitriles is 1. The van der Waals surface area contributed by atoms with Crippen LogP contribution in [0.4, 0.5) is 0 Å². The Kier molecular flexibility index (Phi) is 6.24. The molecule has 0 bridgehead atoms. The van der Waals surface area contributed by atoms with Crippen molar-refractivity contribution in [3.8, 4) is 17.6 Å². The Balaban J connectivity index is 1.53. The lowest BCUT2D eigenvalue weighted by Crippen LogP contribution is -2.50. The fourth-order valence-corrected chi connectivity index (χ4v) is 4.15. The summed E-state index contributed by atoms with van der Waals surface area (Å²) in [4.78, 5) is 33.7. The van der Waals surface area contributed by atoms with Crippen LogP contribution in [0.15, 0.2) is 30.7 Å². The molecule has 2 aromatic heterocycles. The molecular formula is C26H28N4O5. The Labute approximate surface area is 203 Å². The van der Waals surface area contributed by atoms with E-state index in [0.717, 1.165) is 6.42 Å². The molecule has 2 aromatic rings. The Hall–Kier alpha value is -3.93. The predicted molar refractivity (Wildman–Crippen MR) is 126 cm³/mol. The number of pyridine rings is 2. The quantitative estimate of drug-likeness (QED) is 0.602. The molecule has 1 amide bonds. The highest BCUT2D eigenvalue weighted by molar-refractivity contribution is 5.95. The second-order valence-corrected chi connectivity index (χ2v) is 9.99. The van der Waals surface area contributed by atoms with Gasteiger partial charge in [-0.25, -0.2) is 4.98 Å². The van der Waals surface area contributed by atoms with E-state index in [2.05, 4.69) is 21.4 Å². The second kappa shape index (κ2) is 9.02. The van der Waals surface area contributed by atoms with Gasteiger partial charge >= 0.3 is 5.97 Å². The molecule has 0 radical (unpaired) electrons. The van der Waals surface area contributed by atoms with Crippen LogP contribution >= 0.6 is 0 Å². The molecule has 182 valence electrons. The van der Waals surface area contributed by atoms with Gasteiger partial charge in [0.25, 0.3) is 5.91 Å². The van der Waals surface area contributed by atoms with Gasteiger partial charge in [0.05, 0.1) is 11.6 Å². The van der Waals surface area contributed by atoms with Crippen LogP contribution in [0.5, 0.6) is 11.5 Å². The molecule has 9 heteroatoms. The molecule has 0 aliphatic heterocycles. The van der Waals surface area contributed by atoms with Crippen LogP contribution in [0.3, 0.4) is 0 Å². The van der Waals surface area contributed by atoms with Gasteiger partial charge in [-0.2, -0.15) is 5.26 Å². The van der Waals surface area contributed by atoms with E-state index >= 15 is 0 Å². The molecule has 1 saturated carbocycles. The average molecular weight is 477 g/mol. The van der Waals surface area contributed by atoms with Gasteiger partial charge in [0.15, 0.2) is 11.4 Å². The molecule has 35 heavy (non-hydrogen) atoms. The van der Waals surface area contributed by atoms with E-state index in [4.69, 9.17) is 9.47 Å². The molecule has 1 unspecified atom stereocenters. The number of aromatic nitrogens is 2. The largest absolute Gasteiger partial charge is 0.505 e. The van der Waals surface area contributed by atoms with Crippen LogP contribution in [0.1, 0.15) is 56.9 Å². The number of aromatic hydroxyl groups is 1. The van der Waals surface area contributed by atoms with Crippen molar-refractivity contribution in [2.24, 2.45) is 5.41 Å². The molecule has 4 rings (SSSR count). The standard InChI is InChI=1S/C26H28N4O5/c1-24(2,3)35-23(33)25(8-5-9-25)16-30-22(32)20-21(31)19-7-10-26(15-27,12-17(19)13-29-20)34-18-6-4-11-28-14-18/h4,6-7,11-14,31H,5,8-10,16H2,1-3H3,(H,30,32). The molecule has 0 spiro atoms. The van der Waals surface area contributed by atoms with Crippen molar-refractivity contribution >= 4 is 24.0 Å². The van der Waals surface area contributed by atoms with Gasteiger partial charge in [0.1, 0.15) is 17.4 Å². The first kappa shape index (κ1) is 24.2. The number of esters is 1. The third-order valence-electron chi connectivity index (χ3n) is 6.19. The lowest BCUT2D eigenvalue weighted by Gasteiger charge is -2.41. The third-order valence-corrected chi connectivity index (χ3v) is 6.19. The van der Waals surface area contributed by atoms with Crippen molar-refractivity contribution in [1.82, 2.24) is 15.3 Å². The van der Waals surface area contributed by atoms with Crippen molar-refractivity contribution in [1.29, 1.82) is 5.26 Å². The molecule has 2 aliphatic carbocycles. The van der Waals surface area contributed by atoms with Crippen LogP contribution in [0, 0.1) is 16.7 Å². The number of hydrogen-bond acceptors (Lipinski definition) is 8. The maximum Gasteiger partial charge on any atom is 0.314 e. The van der Waals surface area contributed by atoms with Crippen molar-refractivity contribution in [3.05, 3.63) is 46.9 Å². The van der Waals surface area contributed by atoms with Crippen molar-refractivity contribution in [3.63, 3.8) is 0 Å². The van der Waals surface area contributed by atoms with Gasteiger partial charge in [-0.05, 0) is 51.8 Å². The number of hydrogen-bond donors (Lipinski definition) is 2. The number of ether oxygens (including phenoxy) is 2. The van der Waals surface area contributed by atoms with E-state index in [1.807, 2.05) is 0 Å². The number of nitrogens with one attached hydrogen (secondary N) is 1. The summed E-state index contributed by atoms with van der Waals surface area (Å²) in [6, 6.07) is 5.57. The minimum absolute atomic E-state index is 0.102. The minimum atomic E-state index is -1.29. The first-order chi connectivity index (χ1) is 16.6. The van der Waals surface area contributed by atoms with Gasteiger partial charge < -0.3 is 19.9 Å². The molecule has 9 nitrogen and oxygen atoms in total. The number of carbonyl (C=O) groups excluding carboxylic acids is 2. The number of amides is 1. The van der Waals surface area contributed by atoms with Crippen LogP contribution in [-0.2, 0) is 9.53 Å². The average Bonchev–Trinajstić information content (AvgIpc) is 2.78. The highest BCUT2D eigenvalue weighted by Gasteiger charge is 2.47. The number of carbonyl (C=O) groups is 2. The van der Waals surface area contributed by atoms with E-state index < -0.39 is 22.5 Å². The second-order valence-electron chi connectivity index (χ2n) is 9.99. The SMILES string of the molecule is CC(C)(C)OC(=O)C1(CNC(=O)c2ncc3c(c2O)=CCC(C#N)(Oc2cccnc2)C=3)CCC1. The summed E-state index contributed by atoms with van der Waals surface area (Å²) in [7, 11) is 0. The van der Waals surface area contributed by atoms with E-state index in [0.29, 0.717) is 29.0 Å². The molecule has 2 aliphatic rings. The van der Waals surface area contributed by atoms with Gasteiger partial charge in [0.2, 0.25) is 5.60 Å². The molecule has 2 heterocycles. The number of rotatable bonds is 6. The lowest BCUT2D eigenvalue weighted by molar-refractivity contribution is -0.172. The van der Waals surface area contributed by atoms with Crippen molar-refractivity contribution < 1.29 is 24.2 Å². The monoisotopic (exact) mass is 476 g/mol. The highest BCUT2D eigenvalue weighted by atomic mass is 16.6. The molecular weight excluding hydrogens is 448 g/mol. The highest BCUT2D eigenvalue weighted by Crippen LogP contribution is 2.42. The van der Waals surface area contributed by atoms with Gasteiger partial charge in [-0.3, -0.25) is 14.6 Å². The normalized spacial score (nSPS) is 20.1. The summed E-state index contributed by atoms with van der Waals surface area (Å²) < 4.78 is 11.4. The summed E-state index contributed by atoms with van der Waals surface area (Å²) in [5.41, 5.74) is -2.82. The molecule has 0 aromatic carbocycles. The summed E-state index contributed by atoms with van der Waals surface area (Å²) in [6.45, 7) is 5.52. The van der Waals surface area contributed by atoms with E-state index in [1.54, 1.807) is 51.3 Å². The summed E-state index contributed by atoms with van der Waals surface area (Å²) >= 11 is 0. The lowest BCUT2D eigenvalue weighted by atomic mass is 9.68. The Morgan fingerprint density at radius 1 is 1.29 bits per heavy atom. The topological polar surface area (TPSA) is 134 Å². The zero-order valence-electron chi connectivity index (χ0n) is 20.0. The van der Waals surface area contributed by atoms with Gasteiger partial charge in [0, 0.05) is 35.8 Å². The Bertz CT molecular complexity index is 1310. The first-order valence-corrected chi connectivity index (χ1v) is 11.5. The number of nitrogens with zero attached hydrogens (tertiary/aromatic N) is 3. The number of fused-ring (bicyclic) bond motifs is 1. The van der Waals surface area contributed by atoms with Crippen LogP contribution < -0.4 is 20.5 Å². The smallest absolute Gasteiger partial charge is 0.314 e. The fourth-order valence-electron chi connectivity index (χ4n) is 4.15. The predicted octanol–water partition coefficient (Wildman–Crippen LogP) is 1.73. The van der Waals surface area contributed by atoms with Crippen LogP contribution in [0.25, 0.3) is 12.2 Å². The van der Waals surface area contributed by atoms with E-state index in [9.17, 15) is 20.0 Å². The van der Waals surface area contributed by atoms with Crippen LogP contribution in [0.2, 0.25) is 0 Å². The Morgan fingerprint density at radius 2 is 2.06 bits per heavy atom. The van der Waals surface area contributed by atoms with Crippen molar-refractivity contribution in [2.75, 3.05) is 6.54 Å². The fraction of sp³-hybridized carbons (Fsp3) is 0.423. The summed E-state index contributed by atoms with van der Waals surface area (Å²) in [5.74, 6) is -0.768. The Morgan fingerprint density at radius 3 is 2.66 bits per heavy atom. The summed E-state index contributed by atoms with van der Waals surface area (Å²) in [5, 5.41) is 24.2. The summed E-state index contributed by atoms with van der Waals surface area (Å²) in [6.07, 6.45) is 10.1. The van der Waals surface area contributed by atoms with Gasteiger partial charge in [-0.1, -0.05) is 12.5 Å². The van der Waals surface area contributed by atoms with Gasteiger partial charge in [-0.15, -0.1) is 0 Å². The molecule has 1 atom stereocenters.